The van der Waals surface area contributed by atoms with Gasteiger partial charge in [-0.3, -0.25) is 4.90 Å². The highest BCUT2D eigenvalue weighted by Crippen LogP contribution is 2.50. The van der Waals surface area contributed by atoms with Gasteiger partial charge >= 0.3 is 0 Å². The number of methoxy groups -OCH3 is 1. The lowest BCUT2D eigenvalue weighted by Crippen LogP contribution is -2.61. The van der Waals surface area contributed by atoms with Crippen molar-refractivity contribution in [3.63, 3.8) is 0 Å². The SMILES string of the molecule is CO[C@@H]1C[C@H](O)C12CCN(Cc1cnc(N3CCOCC3)s1)CC2. The lowest BCUT2D eigenvalue weighted by atomic mass is 9.58. The van der Waals surface area contributed by atoms with E-state index in [1.165, 1.54) is 4.88 Å². The molecule has 3 aliphatic rings. The Kier molecular flexibility index (Phi) is 4.79. The van der Waals surface area contributed by atoms with Crippen LogP contribution >= 0.6 is 11.3 Å². The number of likely N-dealkylation sites (tertiary alicyclic amines) is 1. The van der Waals surface area contributed by atoms with Crippen LogP contribution in [0.25, 0.3) is 0 Å². The van der Waals surface area contributed by atoms with Crippen LogP contribution in [0.2, 0.25) is 0 Å². The summed E-state index contributed by atoms with van der Waals surface area (Å²) in [4.78, 5) is 10.7. The fourth-order valence-corrected chi connectivity index (χ4v) is 5.34. The second-order valence-corrected chi connectivity index (χ2v) is 8.29. The third-order valence-electron chi connectivity index (χ3n) is 6.02. The monoisotopic (exact) mass is 353 g/mol. The molecule has 1 aliphatic carbocycles. The van der Waals surface area contributed by atoms with Gasteiger partial charge < -0.3 is 19.5 Å². The number of piperidine rings is 1. The molecule has 3 heterocycles. The van der Waals surface area contributed by atoms with Crippen molar-refractivity contribution in [3.8, 4) is 0 Å². The third kappa shape index (κ3) is 2.97. The van der Waals surface area contributed by atoms with Gasteiger partial charge in [-0.05, 0) is 25.9 Å². The van der Waals surface area contributed by atoms with Crippen molar-refractivity contribution in [2.24, 2.45) is 5.41 Å². The maximum atomic E-state index is 10.2. The van der Waals surface area contributed by atoms with E-state index < -0.39 is 0 Å². The van der Waals surface area contributed by atoms with Gasteiger partial charge in [0.05, 0.1) is 25.4 Å². The third-order valence-corrected chi connectivity index (χ3v) is 7.06. The van der Waals surface area contributed by atoms with Crippen LogP contribution in [0.15, 0.2) is 6.20 Å². The van der Waals surface area contributed by atoms with E-state index in [1.54, 1.807) is 18.4 Å². The molecular weight excluding hydrogens is 326 g/mol. The van der Waals surface area contributed by atoms with E-state index in [2.05, 4.69) is 14.8 Å². The van der Waals surface area contributed by atoms with Gasteiger partial charge in [-0.2, -0.15) is 0 Å². The predicted molar refractivity (Wildman–Crippen MR) is 93.5 cm³/mol. The average molecular weight is 353 g/mol. The number of rotatable bonds is 4. The van der Waals surface area contributed by atoms with Crippen LogP contribution in [0.3, 0.4) is 0 Å². The Labute approximate surface area is 147 Å². The number of aromatic nitrogens is 1. The molecule has 0 amide bonds. The summed E-state index contributed by atoms with van der Waals surface area (Å²) in [5.74, 6) is 0. The quantitative estimate of drug-likeness (QED) is 0.882. The molecule has 0 bridgehead atoms. The van der Waals surface area contributed by atoms with Crippen molar-refractivity contribution >= 4 is 16.5 Å². The van der Waals surface area contributed by atoms with Gasteiger partial charge in [0.25, 0.3) is 0 Å². The number of ether oxygens (including phenoxy) is 2. The Morgan fingerprint density at radius 1 is 1.33 bits per heavy atom. The minimum atomic E-state index is -0.180. The molecule has 0 unspecified atom stereocenters. The van der Waals surface area contributed by atoms with Gasteiger partial charge in [-0.15, -0.1) is 11.3 Å². The fourth-order valence-electron chi connectivity index (χ4n) is 4.33. The van der Waals surface area contributed by atoms with Crippen LogP contribution in [-0.4, -0.2) is 73.7 Å². The predicted octanol–water partition coefficient (Wildman–Crippen LogP) is 1.34. The number of aliphatic hydroxyl groups excluding tert-OH is 1. The summed E-state index contributed by atoms with van der Waals surface area (Å²) in [6, 6.07) is 0. The maximum absolute atomic E-state index is 10.2. The molecular formula is C17H27N3O3S. The maximum Gasteiger partial charge on any atom is 0.185 e. The highest BCUT2D eigenvalue weighted by atomic mass is 32.1. The molecule has 7 heteroatoms. The van der Waals surface area contributed by atoms with Crippen LogP contribution in [0, 0.1) is 5.41 Å². The summed E-state index contributed by atoms with van der Waals surface area (Å²) >= 11 is 1.80. The molecule has 1 aromatic rings. The molecule has 1 spiro atoms. The summed E-state index contributed by atoms with van der Waals surface area (Å²) in [7, 11) is 1.77. The first-order chi connectivity index (χ1) is 11.7. The largest absolute Gasteiger partial charge is 0.392 e. The normalized spacial score (nSPS) is 30.5. The number of anilines is 1. The Morgan fingerprint density at radius 2 is 2.08 bits per heavy atom. The lowest BCUT2D eigenvalue weighted by molar-refractivity contribution is -0.201. The van der Waals surface area contributed by atoms with E-state index in [1.807, 2.05) is 6.20 Å². The molecule has 1 N–H and O–H groups in total. The molecule has 0 aromatic carbocycles. The van der Waals surface area contributed by atoms with Gasteiger partial charge in [-0.25, -0.2) is 4.98 Å². The highest BCUT2D eigenvalue weighted by Gasteiger charge is 2.55. The zero-order chi connectivity index (χ0) is 16.6. The molecule has 24 heavy (non-hydrogen) atoms. The Balaban J connectivity index is 1.32. The van der Waals surface area contributed by atoms with Crippen molar-refractivity contribution in [1.29, 1.82) is 0 Å². The summed E-state index contributed by atoms with van der Waals surface area (Å²) in [5.41, 5.74) is 0.0118. The van der Waals surface area contributed by atoms with Gasteiger partial charge in [0.15, 0.2) is 5.13 Å². The molecule has 2 saturated heterocycles. The van der Waals surface area contributed by atoms with Gasteiger partial charge in [0.2, 0.25) is 0 Å². The Morgan fingerprint density at radius 3 is 2.75 bits per heavy atom. The molecule has 3 fully saturated rings. The number of hydrogen-bond donors (Lipinski definition) is 1. The topological polar surface area (TPSA) is 58.1 Å². The van der Waals surface area contributed by atoms with E-state index in [9.17, 15) is 5.11 Å². The molecule has 4 rings (SSSR count). The molecule has 2 atom stereocenters. The van der Waals surface area contributed by atoms with Gasteiger partial charge in [0.1, 0.15) is 0 Å². The molecule has 1 aromatic heterocycles. The standard InChI is InChI=1S/C17H27N3O3S/c1-22-15-10-14(21)17(15)2-4-19(5-3-17)12-13-11-18-16(24-13)20-6-8-23-9-7-20/h11,14-15,21H,2-10,12H2,1H3/t14-,15+/m0/s1. The molecule has 2 aliphatic heterocycles. The van der Waals surface area contributed by atoms with E-state index in [-0.39, 0.29) is 17.6 Å². The number of morpholine rings is 1. The minimum Gasteiger partial charge on any atom is -0.392 e. The average Bonchev–Trinajstić information content (AvgIpc) is 3.09. The number of hydrogen-bond acceptors (Lipinski definition) is 7. The van der Waals surface area contributed by atoms with E-state index in [0.717, 1.165) is 70.3 Å². The van der Waals surface area contributed by atoms with Crippen LogP contribution < -0.4 is 4.90 Å². The first-order valence-corrected chi connectivity index (χ1v) is 9.73. The van der Waals surface area contributed by atoms with E-state index in [4.69, 9.17) is 9.47 Å². The van der Waals surface area contributed by atoms with E-state index >= 15 is 0 Å². The van der Waals surface area contributed by atoms with Crippen LogP contribution in [0.1, 0.15) is 24.1 Å². The minimum absolute atomic E-state index is 0.0118. The fraction of sp³-hybridized carbons (Fsp3) is 0.824. The second kappa shape index (κ2) is 6.88. The molecule has 134 valence electrons. The first-order valence-electron chi connectivity index (χ1n) is 8.92. The number of nitrogens with zero attached hydrogens (tertiary/aromatic N) is 3. The summed E-state index contributed by atoms with van der Waals surface area (Å²) in [6.07, 6.45) is 4.94. The van der Waals surface area contributed by atoms with Crippen molar-refractivity contribution in [2.45, 2.75) is 38.0 Å². The van der Waals surface area contributed by atoms with Crippen molar-refractivity contribution in [1.82, 2.24) is 9.88 Å². The summed E-state index contributed by atoms with van der Waals surface area (Å²) in [6.45, 7) is 6.50. The molecule has 0 radical (unpaired) electrons. The van der Waals surface area contributed by atoms with Crippen molar-refractivity contribution in [3.05, 3.63) is 11.1 Å². The van der Waals surface area contributed by atoms with Crippen molar-refractivity contribution < 1.29 is 14.6 Å². The summed E-state index contributed by atoms with van der Waals surface area (Å²) < 4.78 is 11.0. The van der Waals surface area contributed by atoms with Crippen LogP contribution in [0.5, 0.6) is 0 Å². The van der Waals surface area contributed by atoms with Gasteiger partial charge in [-0.1, -0.05) is 0 Å². The smallest absolute Gasteiger partial charge is 0.185 e. The van der Waals surface area contributed by atoms with Gasteiger partial charge in [0, 0.05) is 49.7 Å². The molecule has 6 nitrogen and oxygen atoms in total. The number of thiazole rings is 1. The zero-order valence-corrected chi connectivity index (χ0v) is 15.1. The lowest BCUT2D eigenvalue weighted by Gasteiger charge is -2.56. The van der Waals surface area contributed by atoms with E-state index in [0.29, 0.717) is 0 Å². The number of aliphatic hydroxyl groups is 1. The van der Waals surface area contributed by atoms with Crippen molar-refractivity contribution in [2.75, 3.05) is 51.4 Å². The first kappa shape index (κ1) is 16.7. The Hall–Kier alpha value is -0.730. The van der Waals surface area contributed by atoms with Crippen LogP contribution in [-0.2, 0) is 16.0 Å². The van der Waals surface area contributed by atoms with Crippen LogP contribution in [0.4, 0.5) is 5.13 Å². The summed E-state index contributed by atoms with van der Waals surface area (Å²) in [5, 5.41) is 11.3. The second-order valence-electron chi connectivity index (χ2n) is 7.19. The molecule has 1 saturated carbocycles. The highest BCUT2D eigenvalue weighted by molar-refractivity contribution is 7.15. The Bertz CT molecular complexity index is 553. The zero-order valence-electron chi connectivity index (χ0n) is 14.3.